The van der Waals surface area contributed by atoms with E-state index in [1.54, 1.807) is 0 Å². The van der Waals surface area contributed by atoms with Crippen molar-refractivity contribution in [1.29, 1.82) is 0 Å². The molecule has 0 aliphatic heterocycles. The van der Waals surface area contributed by atoms with Gasteiger partial charge in [0, 0.05) is 6.20 Å². The summed E-state index contributed by atoms with van der Waals surface area (Å²) in [4.78, 5) is 3.48. The van der Waals surface area contributed by atoms with Gasteiger partial charge in [-0.25, -0.2) is 13.8 Å². The lowest BCUT2D eigenvalue weighted by Crippen LogP contribution is -2.34. The fourth-order valence-corrected chi connectivity index (χ4v) is 1.08. The van der Waals surface area contributed by atoms with Gasteiger partial charge in [-0.2, -0.15) is 8.78 Å². The van der Waals surface area contributed by atoms with Crippen LogP contribution in [0, 0.1) is 0 Å². The maximum atomic E-state index is 12.6. The average Bonchev–Trinajstić information content (AvgIpc) is 2.26. The van der Waals surface area contributed by atoms with Crippen molar-refractivity contribution in [2.75, 3.05) is 6.61 Å². The molecule has 0 saturated carbocycles. The molecule has 0 aliphatic rings. The van der Waals surface area contributed by atoms with E-state index in [0.717, 1.165) is 0 Å². The van der Waals surface area contributed by atoms with Crippen molar-refractivity contribution in [2.24, 2.45) is 5.73 Å². The molecule has 0 bridgehead atoms. The molecular formula is C9H8F4N2OS. The number of pyridine rings is 1. The van der Waals surface area contributed by atoms with Crippen molar-refractivity contribution >= 4 is 17.2 Å². The Bertz CT molecular complexity index is 414. The summed E-state index contributed by atoms with van der Waals surface area (Å²) < 4.78 is 53.5. The Labute approximate surface area is 99.6 Å². The van der Waals surface area contributed by atoms with Crippen LogP contribution in [-0.2, 0) is 0 Å². The Morgan fingerprint density at radius 3 is 2.71 bits per heavy atom. The Morgan fingerprint density at radius 1 is 1.53 bits per heavy atom. The second kappa shape index (κ2) is 5.26. The largest absolute Gasteiger partial charge is 0.471 e. The first-order valence-corrected chi connectivity index (χ1v) is 4.79. The summed E-state index contributed by atoms with van der Waals surface area (Å²) in [5.74, 6) is -4.54. The molecule has 0 atom stereocenters. The second-order valence-electron chi connectivity index (χ2n) is 3.07. The van der Waals surface area contributed by atoms with Crippen molar-refractivity contribution in [3.8, 4) is 5.88 Å². The monoisotopic (exact) mass is 268 g/mol. The molecule has 2 N–H and O–H groups in total. The standard InChI is InChI=1S/C9H8F4N2OS/c10-8(11)9(12,13)4-16-7-5(6(14)17)2-1-3-15-7/h1-3,8H,4H2,(H2,14,17). The van der Waals surface area contributed by atoms with Gasteiger partial charge in [-0.15, -0.1) is 0 Å². The summed E-state index contributed by atoms with van der Waals surface area (Å²) in [5.41, 5.74) is 5.41. The number of alkyl halides is 4. The van der Waals surface area contributed by atoms with E-state index < -0.39 is 19.0 Å². The Balaban J connectivity index is 2.79. The van der Waals surface area contributed by atoms with E-state index in [-0.39, 0.29) is 16.4 Å². The van der Waals surface area contributed by atoms with E-state index in [9.17, 15) is 17.6 Å². The first-order valence-electron chi connectivity index (χ1n) is 4.38. The van der Waals surface area contributed by atoms with E-state index in [1.807, 2.05) is 0 Å². The topological polar surface area (TPSA) is 48.1 Å². The fraction of sp³-hybridized carbons (Fsp3) is 0.333. The molecule has 3 nitrogen and oxygen atoms in total. The average molecular weight is 268 g/mol. The molecule has 0 aromatic carbocycles. The van der Waals surface area contributed by atoms with Gasteiger partial charge in [-0.3, -0.25) is 0 Å². The zero-order valence-corrected chi connectivity index (χ0v) is 9.19. The number of ether oxygens (including phenoxy) is 1. The van der Waals surface area contributed by atoms with Crippen LogP contribution in [0.2, 0.25) is 0 Å². The van der Waals surface area contributed by atoms with Crippen LogP contribution in [0.15, 0.2) is 18.3 Å². The smallest absolute Gasteiger partial charge is 0.340 e. The van der Waals surface area contributed by atoms with Crippen molar-refractivity contribution < 1.29 is 22.3 Å². The van der Waals surface area contributed by atoms with Crippen LogP contribution in [0.5, 0.6) is 5.88 Å². The highest BCUT2D eigenvalue weighted by Crippen LogP contribution is 2.24. The molecule has 0 aliphatic carbocycles. The number of nitrogens with two attached hydrogens (primary N) is 1. The zero-order valence-electron chi connectivity index (χ0n) is 8.37. The van der Waals surface area contributed by atoms with Gasteiger partial charge in [0.1, 0.15) is 4.99 Å². The van der Waals surface area contributed by atoms with Crippen molar-refractivity contribution in [3.05, 3.63) is 23.9 Å². The maximum absolute atomic E-state index is 12.6. The van der Waals surface area contributed by atoms with Gasteiger partial charge < -0.3 is 10.5 Å². The molecule has 17 heavy (non-hydrogen) atoms. The summed E-state index contributed by atoms with van der Waals surface area (Å²) >= 11 is 4.63. The van der Waals surface area contributed by atoms with E-state index in [2.05, 4.69) is 21.9 Å². The quantitative estimate of drug-likeness (QED) is 0.655. The van der Waals surface area contributed by atoms with E-state index >= 15 is 0 Å². The summed E-state index contributed by atoms with van der Waals surface area (Å²) in [6.07, 6.45) is -2.56. The molecule has 0 amide bonds. The molecule has 94 valence electrons. The normalized spacial score (nSPS) is 11.6. The summed E-state index contributed by atoms with van der Waals surface area (Å²) in [5, 5.41) is 0. The van der Waals surface area contributed by atoms with E-state index in [1.165, 1.54) is 18.3 Å². The highest BCUT2D eigenvalue weighted by atomic mass is 32.1. The first kappa shape index (κ1) is 13.6. The molecule has 0 unspecified atom stereocenters. The Morgan fingerprint density at radius 2 is 2.18 bits per heavy atom. The van der Waals surface area contributed by atoms with Gasteiger partial charge in [-0.1, -0.05) is 12.2 Å². The minimum atomic E-state index is -4.25. The Hall–Kier alpha value is -1.44. The maximum Gasteiger partial charge on any atom is 0.340 e. The van der Waals surface area contributed by atoms with Crippen LogP contribution in [-0.4, -0.2) is 28.9 Å². The number of hydrogen-bond donors (Lipinski definition) is 1. The highest BCUT2D eigenvalue weighted by molar-refractivity contribution is 7.80. The summed E-state index contributed by atoms with van der Waals surface area (Å²) in [7, 11) is 0. The molecule has 1 rings (SSSR count). The highest BCUT2D eigenvalue weighted by Gasteiger charge is 2.42. The molecule has 0 saturated heterocycles. The minimum Gasteiger partial charge on any atom is -0.471 e. The minimum absolute atomic E-state index is 0.117. The zero-order chi connectivity index (χ0) is 13.1. The van der Waals surface area contributed by atoms with E-state index in [0.29, 0.717) is 0 Å². The molecule has 1 heterocycles. The van der Waals surface area contributed by atoms with Gasteiger partial charge in [0.05, 0.1) is 5.56 Å². The lowest BCUT2D eigenvalue weighted by Gasteiger charge is -2.16. The van der Waals surface area contributed by atoms with Crippen LogP contribution in [0.25, 0.3) is 0 Å². The van der Waals surface area contributed by atoms with Crippen molar-refractivity contribution in [1.82, 2.24) is 4.98 Å². The van der Waals surface area contributed by atoms with Gasteiger partial charge in [0.15, 0.2) is 6.61 Å². The van der Waals surface area contributed by atoms with Gasteiger partial charge >= 0.3 is 12.3 Å². The third-order valence-corrected chi connectivity index (χ3v) is 1.98. The molecule has 1 aromatic rings. The fourth-order valence-electron chi connectivity index (χ4n) is 0.921. The third-order valence-electron chi connectivity index (χ3n) is 1.76. The van der Waals surface area contributed by atoms with Crippen LogP contribution < -0.4 is 10.5 Å². The first-order chi connectivity index (χ1) is 7.84. The van der Waals surface area contributed by atoms with Crippen molar-refractivity contribution in [3.63, 3.8) is 0 Å². The lowest BCUT2D eigenvalue weighted by molar-refractivity contribution is -0.148. The summed E-state index contributed by atoms with van der Waals surface area (Å²) in [6, 6.07) is 2.86. The second-order valence-corrected chi connectivity index (χ2v) is 3.51. The van der Waals surface area contributed by atoms with Crippen LogP contribution >= 0.6 is 12.2 Å². The number of rotatable bonds is 5. The lowest BCUT2D eigenvalue weighted by atomic mass is 10.3. The number of aromatic nitrogens is 1. The van der Waals surface area contributed by atoms with Crippen LogP contribution in [0.1, 0.15) is 5.56 Å². The Kier molecular flexibility index (Phi) is 4.22. The molecule has 8 heteroatoms. The van der Waals surface area contributed by atoms with Gasteiger partial charge in [0.2, 0.25) is 5.88 Å². The molecule has 1 aromatic heterocycles. The molecule has 0 fully saturated rings. The summed E-state index contributed by atoms with van der Waals surface area (Å²) in [6.45, 7) is -1.49. The van der Waals surface area contributed by atoms with Gasteiger partial charge in [0.25, 0.3) is 0 Å². The van der Waals surface area contributed by atoms with Crippen molar-refractivity contribution in [2.45, 2.75) is 12.3 Å². The molecule has 0 radical (unpaired) electrons. The molecule has 0 spiro atoms. The number of hydrogen-bond acceptors (Lipinski definition) is 3. The predicted octanol–water partition coefficient (Wildman–Crippen LogP) is 1.99. The SMILES string of the molecule is NC(=S)c1cccnc1OCC(F)(F)C(F)F. The third kappa shape index (κ3) is 3.52. The van der Waals surface area contributed by atoms with Crippen LogP contribution in [0.4, 0.5) is 17.6 Å². The number of nitrogens with zero attached hydrogens (tertiary/aromatic N) is 1. The van der Waals surface area contributed by atoms with Gasteiger partial charge in [-0.05, 0) is 12.1 Å². The molecular weight excluding hydrogens is 260 g/mol. The predicted molar refractivity (Wildman–Crippen MR) is 56.6 cm³/mol. The number of thiocarbonyl (C=S) groups is 1. The number of halogens is 4. The van der Waals surface area contributed by atoms with E-state index in [4.69, 9.17) is 5.73 Å². The van der Waals surface area contributed by atoms with Crippen LogP contribution in [0.3, 0.4) is 0 Å².